The molecule has 6 nitrogen and oxygen atoms in total. The van der Waals surface area contributed by atoms with Gasteiger partial charge in [0.25, 0.3) is 5.91 Å². The Labute approximate surface area is 188 Å². The summed E-state index contributed by atoms with van der Waals surface area (Å²) in [6, 6.07) is 11.6. The van der Waals surface area contributed by atoms with Crippen molar-refractivity contribution in [2.75, 3.05) is 4.90 Å². The molecule has 0 unspecified atom stereocenters. The third-order valence-corrected chi connectivity index (χ3v) is 6.81. The number of anilines is 1. The fourth-order valence-electron chi connectivity index (χ4n) is 3.59. The van der Waals surface area contributed by atoms with E-state index >= 15 is 0 Å². The van der Waals surface area contributed by atoms with Crippen molar-refractivity contribution in [2.24, 2.45) is 0 Å². The van der Waals surface area contributed by atoms with E-state index in [1.165, 1.54) is 16.2 Å². The Morgan fingerprint density at radius 1 is 1.17 bits per heavy atom. The van der Waals surface area contributed by atoms with Crippen molar-refractivity contribution >= 4 is 60.9 Å². The summed E-state index contributed by atoms with van der Waals surface area (Å²) in [6.07, 6.45) is 0.704. The van der Waals surface area contributed by atoms with Gasteiger partial charge < -0.3 is 4.42 Å². The predicted octanol–water partition coefficient (Wildman–Crippen LogP) is 5.37. The van der Waals surface area contributed by atoms with E-state index in [9.17, 15) is 9.59 Å². The SMILES string of the molecule is CCc1nnc(N2C(=O)c3oc4ccc(Cl)cc4c(=O)c3[C@@H]2c2ccc(Br)cc2)s1. The van der Waals surface area contributed by atoms with Gasteiger partial charge in [0, 0.05) is 9.50 Å². The molecule has 9 heteroatoms. The molecule has 150 valence electrons. The molecule has 3 heterocycles. The minimum atomic E-state index is -0.669. The molecular weight excluding hydrogens is 490 g/mol. The maximum atomic E-state index is 13.5. The summed E-state index contributed by atoms with van der Waals surface area (Å²) < 4.78 is 6.80. The number of aromatic nitrogens is 2. The molecule has 30 heavy (non-hydrogen) atoms. The van der Waals surface area contributed by atoms with Crippen LogP contribution in [0.15, 0.2) is 56.1 Å². The summed E-state index contributed by atoms with van der Waals surface area (Å²) in [4.78, 5) is 28.4. The third kappa shape index (κ3) is 2.98. The molecule has 0 fully saturated rings. The largest absolute Gasteiger partial charge is 0.450 e. The van der Waals surface area contributed by atoms with Crippen LogP contribution in [0.5, 0.6) is 0 Å². The van der Waals surface area contributed by atoms with Crippen molar-refractivity contribution < 1.29 is 9.21 Å². The predicted molar refractivity (Wildman–Crippen MR) is 120 cm³/mol. The molecular formula is C21H13BrClN3O3S. The Bertz CT molecular complexity index is 1370. The first-order chi connectivity index (χ1) is 14.5. The van der Waals surface area contributed by atoms with Crippen LogP contribution in [0.3, 0.4) is 0 Å². The van der Waals surface area contributed by atoms with Crippen molar-refractivity contribution in [1.82, 2.24) is 10.2 Å². The maximum absolute atomic E-state index is 13.5. The molecule has 0 aliphatic carbocycles. The van der Waals surface area contributed by atoms with Crippen molar-refractivity contribution in [2.45, 2.75) is 19.4 Å². The van der Waals surface area contributed by atoms with Crippen molar-refractivity contribution in [3.63, 3.8) is 0 Å². The lowest BCUT2D eigenvalue weighted by Gasteiger charge is -2.22. The molecule has 0 spiro atoms. The highest BCUT2D eigenvalue weighted by atomic mass is 79.9. The molecule has 0 bridgehead atoms. The first-order valence-electron chi connectivity index (χ1n) is 9.15. The number of amides is 1. The number of carbonyl (C=O) groups is 1. The topological polar surface area (TPSA) is 76.3 Å². The molecule has 0 saturated heterocycles. The van der Waals surface area contributed by atoms with E-state index in [0.29, 0.717) is 27.5 Å². The normalized spacial score (nSPS) is 15.8. The molecule has 5 rings (SSSR count). The van der Waals surface area contributed by atoms with E-state index in [4.69, 9.17) is 16.0 Å². The van der Waals surface area contributed by atoms with Crippen LogP contribution in [0.2, 0.25) is 5.02 Å². The number of halogens is 2. The average Bonchev–Trinajstić information content (AvgIpc) is 3.32. The van der Waals surface area contributed by atoms with Gasteiger partial charge >= 0.3 is 0 Å². The number of nitrogens with zero attached hydrogens (tertiary/aromatic N) is 3. The number of rotatable bonds is 3. The molecule has 1 amide bonds. The summed E-state index contributed by atoms with van der Waals surface area (Å²) in [5, 5.41) is 10.4. The van der Waals surface area contributed by atoms with E-state index in [-0.39, 0.29) is 16.8 Å². The van der Waals surface area contributed by atoms with Gasteiger partial charge in [0.1, 0.15) is 10.6 Å². The van der Waals surface area contributed by atoms with Gasteiger partial charge in [-0.1, -0.05) is 57.9 Å². The van der Waals surface area contributed by atoms with Gasteiger partial charge in [0.2, 0.25) is 10.9 Å². The zero-order valence-electron chi connectivity index (χ0n) is 15.6. The number of fused-ring (bicyclic) bond motifs is 2. The Balaban J connectivity index is 1.80. The van der Waals surface area contributed by atoms with Gasteiger partial charge in [0.15, 0.2) is 5.43 Å². The highest BCUT2D eigenvalue weighted by Crippen LogP contribution is 2.42. The van der Waals surface area contributed by atoms with Crippen LogP contribution in [0, 0.1) is 0 Å². The van der Waals surface area contributed by atoms with Gasteiger partial charge in [-0.25, -0.2) is 0 Å². The summed E-state index contributed by atoms with van der Waals surface area (Å²) in [5.41, 5.74) is 1.09. The van der Waals surface area contributed by atoms with Crippen molar-refractivity contribution in [3.05, 3.63) is 84.1 Å². The summed E-state index contributed by atoms with van der Waals surface area (Å²) in [6.45, 7) is 1.97. The summed E-state index contributed by atoms with van der Waals surface area (Å²) in [5.74, 6) is -0.387. The van der Waals surface area contributed by atoms with Crippen molar-refractivity contribution in [3.8, 4) is 0 Å². The zero-order chi connectivity index (χ0) is 21.0. The van der Waals surface area contributed by atoms with E-state index in [2.05, 4.69) is 26.1 Å². The van der Waals surface area contributed by atoms with Crippen LogP contribution in [-0.4, -0.2) is 16.1 Å². The van der Waals surface area contributed by atoms with Crippen LogP contribution < -0.4 is 10.3 Å². The summed E-state index contributed by atoms with van der Waals surface area (Å²) >= 11 is 10.9. The van der Waals surface area contributed by atoms with Gasteiger partial charge in [-0.05, 0) is 42.3 Å². The van der Waals surface area contributed by atoms with Crippen molar-refractivity contribution in [1.29, 1.82) is 0 Å². The Morgan fingerprint density at radius 3 is 2.63 bits per heavy atom. The molecule has 1 aliphatic heterocycles. The van der Waals surface area contributed by atoms with Gasteiger partial charge in [-0.15, -0.1) is 10.2 Å². The maximum Gasteiger partial charge on any atom is 0.297 e. The highest BCUT2D eigenvalue weighted by Gasteiger charge is 2.45. The quantitative estimate of drug-likeness (QED) is 0.376. The standard InChI is InChI=1S/C21H13BrClN3O3S/c1-2-15-24-25-21(30-15)26-17(10-3-5-11(22)6-4-10)16-18(27)13-9-12(23)7-8-14(13)29-19(16)20(26)28/h3-9,17H,2H2,1H3/t17-/m0/s1. The number of hydrogen-bond acceptors (Lipinski definition) is 6. The lowest BCUT2D eigenvalue weighted by atomic mass is 9.99. The van der Waals surface area contributed by atoms with Crippen LogP contribution in [0.4, 0.5) is 5.13 Å². The minimum absolute atomic E-state index is 0.0241. The lowest BCUT2D eigenvalue weighted by molar-refractivity contribution is 0.0970. The monoisotopic (exact) mass is 501 g/mol. The smallest absolute Gasteiger partial charge is 0.297 e. The lowest BCUT2D eigenvalue weighted by Crippen LogP contribution is -2.29. The molecule has 0 N–H and O–H groups in total. The van der Waals surface area contributed by atoms with Crippen LogP contribution in [0.25, 0.3) is 11.0 Å². The Morgan fingerprint density at radius 2 is 1.93 bits per heavy atom. The Hall–Kier alpha value is -2.55. The second kappa shape index (κ2) is 7.30. The fourth-order valence-corrected chi connectivity index (χ4v) is 4.83. The van der Waals surface area contributed by atoms with E-state index in [0.717, 1.165) is 15.0 Å². The number of carbonyl (C=O) groups excluding carboxylic acids is 1. The Kier molecular flexibility index (Phi) is 4.72. The molecule has 2 aromatic carbocycles. The van der Waals surface area contributed by atoms with E-state index < -0.39 is 11.9 Å². The molecule has 1 atom stereocenters. The van der Waals surface area contributed by atoms with Gasteiger partial charge in [0.05, 0.1) is 17.0 Å². The zero-order valence-corrected chi connectivity index (χ0v) is 18.7. The number of benzene rings is 2. The molecule has 2 aromatic heterocycles. The molecule has 4 aromatic rings. The van der Waals surface area contributed by atoms with Gasteiger partial charge in [-0.2, -0.15) is 0 Å². The third-order valence-electron chi connectivity index (χ3n) is 4.98. The molecule has 0 radical (unpaired) electrons. The second-order valence-corrected chi connectivity index (χ2v) is 9.17. The summed E-state index contributed by atoms with van der Waals surface area (Å²) in [7, 11) is 0. The van der Waals surface area contributed by atoms with Crippen LogP contribution in [-0.2, 0) is 6.42 Å². The minimum Gasteiger partial charge on any atom is -0.450 e. The fraction of sp³-hybridized carbons (Fsp3) is 0.143. The first kappa shape index (κ1) is 19.4. The second-order valence-electron chi connectivity index (χ2n) is 6.78. The molecule has 1 aliphatic rings. The first-order valence-corrected chi connectivity index (χ1v) is 11.1. The number of hydrogen-bond donors (Lipinski definition) is 0. The van der Waals surface area contributed by atoms with E-state index in [1.54, 1.807) is 18.2 Å². The number of aryl methyl sites for hydroxylation is 1. The average molecular weight is 503 g/mol. The van der Waals surface area contributed by atoms with Gasteiger partial charge in [-0.3, -0.25) is 14.5 Å². The van der Waals surface area contributed by atoms with Crippen LogP contribution in [0.1, 0.15) is 39.7 Å². The molecule has 0 saturated carbocycles. The van der Waals surface area contributed by atoms with E-state index in [1.807, 2.05) is 31.2 Å². The van der Waals surface area contributed by atoms with Crippen LogP contribution >= 0.6 is 38.9 Å². The highest BCUT2D eigenvalue weighted by molar-refractivity contribution is 9.10.